The molecule has 28 heavy (non-hydrogen) atoms. The van der Waals surface area contributed by atoms with Crippen LogP contribution in [0.3, 0.4) is 0 Å². The number of allylic oxidation sites excluding steroid dienone is 1. The first-order valence-electron chi connectivity index (χ1n) is 8.85. The quantitative estimate of drug-likeness (QED) is 0.410. The van der Waals surface area contributed by atoms with E-state index in [1.165, 1.54) is 30.8 Å². The Balaban J connectivity index is 1.82. The lowest BCUT2D eigenvalue weighted by molar-refractivity contribution is -0.384. The number of nitrogens with one attached hydrogen (secondary N) is 1. The van der Waals surface area contributed by atoms with Gasteiger partial charge in [-0.15, -0.1) is 0 Å². The smallest absolute Gasteiger partial charge is 0.269 e. The number of nitro benzene ring substituents is 1. The SMILES string of the molecule is CC(=O)N/C=C\SC1=C(Cc2ccc([N+](=O)[O-])cc2)N2C(=O)[C@@H]([C@H](C)O)[C@H]2C1. The number of fused-ring (bicyclic) bond motifs is 1. The molecule has 0 aromatic heterocycles. The average molecular weight is 403 g/mol. The average Bonchev–Trinajstić information content (AvgIpc) is 2.91. The van der Waals surface area contributed by atoms with Gasteiger partial charge in [0.05, 0.1) is 23.0 Å². The Kier molecular flexibility index (Phi) is 5.85. The Morgan fingerprint density at radius 2 is 2.14 bits per heavy atom. The van der Waals surface area contributed by atoms with E-state index in [-0.39, 0.29) is 23.5 Å². The van der Waals surface area contributed by atoms with Gasteiger partial charge in [0.25, 0.3) is 5.69 Å². The Labute approximate surface area is 166 Å². The first-order chi connectivity index (χ1) is 13.3. The van der Waals surface area contributed by atoms with Gasteiger partial charge in [-0.2, -0.15) is 0 Å². The summed E-state index contributed by atoms with van der Waals surface area (Å²) >= 11 is 1.43. The van der Waals surface area contributed by atoms with Crippen molar-refractivity contribution < 1.29 is 19.6 Å². The van der Waals surface area contributed by atoms with Crippen molar-refractivity contribution in [3.05, 3.63) is 62.2 Å². The molecule has 0 spiro atoms. The second-order valence-corrected chi connectivity index (χ2v) is 7.84. The Hall–Kier alpha value is -2.65. The number of nitrogens with zero attached hydrogens (tertiary/aromatic N) is 2. The minimum absolute atomic E-state index is 0.0177. The van der Waals surface area contributed by atoms with Gasteiger partial charge in [-0.05, 0) is 17.9 Å². The van der Waals surface area contributed by atoms with E-state index in [9.17, 15) is 24.8 Å². The van der Waals surface area contributed by atoms with E-state index in [4.69, 9.17) is 0 Å². The van der Waals surface area contributed by atoms with Crippen LogP contribution >= 0.6 is 11.8 Å². The fourth-order valence-electron chi connectivity index (χ4n) is 3.58. The molecule has 2 N–H and O–H groups in total. The molecule has 148 valence electrons. The standard InChI is InChI=1S/C19H21N3O5S/c1-11(23)18-16-10-17(28-8-7-20-12(2)24)15(21(16)19(18)25)9-13-3-5-14(6-4-13)22(26)27/h3-8,11,16,18,23H,9-10H2,1-2H3,(H,20,24)/b8-7-/t11-,16+,18-/m0/s1. The van der Waals surface area contributed by atoms with Crippen molar-refractivity contribution in [2.24, 2.45) is 5.92 Å². The highest BCUT2D eigenvalue weighted by atomic mass is 32.2. The lowest BCUT2D eigenvalue weighted by Crippen LogP contribution is -2.61. The first kappa shape index (κ1) is 20.1. The van der Waals surface area contributed by atoms with E-state index in [0.717, 1.165) is 16.2 Å². The van der Waals surface area contributed by atoms with Gasteiger partial charge in [0.15, 0.2) is 0 Å². The largest absolute Gasteiger partial charge is 0.393 e. The molecule has 0 saturated carbocycles. The maximum Gasteiger partial charge on any atom is 0.269 e. The van der Waals surface area contributed by atoms with Gasteiger partial charge in [0.1, 0.15) is 0 Å². The van der Waals surface area contributed by atoms with Gasteiger partial charge in [-0.1, -0.05) is 23.9 Å². The van der Waals surface area contributed by atoms with Crippen LogP contribution in [-0.4, -0.2) is 38.9 Å². The number of nitro groups is 1. The zero-order chi connectivity index (χ0) is 20.4. The highest BCUT2D eigenvalue weighted by Crippen LogP contribution is 2.48. The zero-order valence-corrected chi connectivity index (χ0v) is 16.3. The molecule has 8 nitrogen and oxygen atoms in total. The summed E-state index contributed by atoms with van der Waals surface area (Å²) in [4.78, 5) is 36.6. The van der Waals surface area contributed by atoms with Crippen molar-refractivity contribution in [2.75, 3.05) is 0 Å². The second kappa shape index (κ2) is 8.15. The summed E-state index contributed by atoms with van der Waals surface area (Å²) in [6, 6.07) is 6.19. The van der Waals surface area contributed by atoms with E-state index in [1.54, 1.807) is 35.6 Å². The number of carbonyl (C=O) groups excluding carboxylic acids is 2. The number of β-lactam (4-membered cyclic amide) rings is 1. The third kappa shape index (κ3) is 3.95. The lowest BCUT2D eigenvalue weighted by Gasteiger charge is -2.45. The minimum Gasteiger partial charge on any atom is -0.393 e. The van der Waals surface area contributed by atoms with Crippen LogP contribution in [-0.2, 0) is 16.0 Å². The number of benzene rings is 1. The number of hydrogen-bond donors (Lipinski definition) is 2. The number of aliphatic hydroxyl groups is 1. The molecule has 1 fully saturated rings. The van der Waals surface area contributed by atoms with Crippen LogP contribution in [0.25, 0.3) is 0 Å². The number of aliphatic hydroxyl groups excluding tert-OH is 1. The summed E-state index contributed by atoms with van der Waals surface area (Å²) in [5.41, 5.74) is 1.72. The number of amides is 2. The predicted octanol–water partition coefficient (Wildman–Crippen LogP) is 2.30. The fourth-order valence-corrected chi connectivity index (χ4v) is 4.46. The molecule has 0 unspecified atom stereocenters. The molecule has 2 heterocycles. The van der Waals surface area contributed by atoms with Crippen molar-refractivity contribution in [1.82, 2.24) is 10.2 Å². The number of rotatable bonds is 7. The topological polar surface area (TPSA) is 113 Å². The molecule has 1 saturated heterocycles. The molecule has 2 aliphatic rings. The Morgan fingerprint density at radius 1 is 1.46 bits per heavy atom. The van der Waals surface area contributed by atoms with Crippen LogP contribution in [0.2, 0.25) is 0 Å². The normalized spacial score (nSPS) is 22.2. The Bertz CT molecular complexity index is 863. The van der Waals surface area contributed by atoms with Crippen LogP contribution in [0.4, 0.5) is 5.69 Å². The van der Waals surface area contributed by atoms with Crippen molar-refractivity contribution in [3.63, 3.8) is 0 Å². The number of hydrogen-bond acceptors (Lipinski definition) is 6. The van der Waals surface area contributed by atoms with Crippen LogP contribution in [0.1, 0.15) is 25.8 Å². The van der Waals surface area contributed by atoms with Crippen LogP contribution in [0.5, 0.6) is 0 Å². The van der Waals surface area contributed by atoms with Gasteiger partial charge < -0.3 is 15.3 Å². The molecule has 0 aliphatic carbocycles. The van der Waals surface area contributed by atoms with Crippen LogP contribution in [0.15, 0.2) is 46.5 Å². The van der Waals surface area contributed by atoms with Crippen molar-refractivity contribution >= 4 is 29.3 Å². The summed E-state index contributed by atoms with van der Waals surface area (Å²) in [6.07, 6.45) is 1.93. The third-order valence-corrected chi connectivity index (χ3v) is 5.84. The molecule has 0 radical (unpaired) electrons. The van der Waals surface area contributed by atoms with E-state index in [2.05, 4.69) is 5.32 Å². The summed E-state index contributed by atoms with van der Waals surface area (Å²) in [6.45, 7) is 3.04. The van der Waals surface area contributed by atoms with Gasteiger partial charge in [0.2, 0.25) is 11.8 Å². The number of carbonyl (C=O) groups is 2. The second-order valence-electron chi connectivity index (χ2n) is 6.84. The number of non-ortho nitro benzene ring substituents is 1. The molecular formula is C19H21N3O5S. The maximum atomic E-state index is 12.6. The molecule has 1 aromatic carbocycles. The molecule has 2 amide bonds. The summed E-state index contributed by atoms with van der Waals surface area (Å²) in [7, 11) is 0. The van der Waals surface area contributed by atoms with Crippen LogP contribution < -0.4 is 5.32 Å². The molecule has 3 atom stereocenters. The molecule has 2 aliphatic heterocycles. The zero-order valence-electron chi connectivity index (χ0n) is 15.5. The third-order valence-electron chi connectivity index (χ3n) is 4.88. The summed E-state index contributed by atoms with van der Waals surface area (Å²) in [5.74, 6) is -0.681. The van der Waals surface area contributed by atoms with Gasteiger partial charge in [0, 0.05) is 48.7 Å². The highest BCUT2D eigenvalue weighted by Gasteiger charge is 2.54. The van der Waals surface area contributed by atoms with Crippen molar-refractivity contribution in [3.8, 4) is 0 Å². The molecular weight excluding hydrogens is 382 g/mol. The molecule has 1 aromatic rings. The molecule has 9 heteroatoms. The van der Waals surface area contributed by atoms with Gasteiger partial charge in [-0.25, -0.2) is 0 Å². The summed E-state index contributed by atoms with van der Waals surface area (Å²) < 4.78 is 0. The summed E-state index contributed by atoms with van der Waals surface area (Å²) in [5, 5.41) is 25.1. The first-order valence-corrected chi connectivity index (χ1v) is 9.73. The Morgan fingerprint density at radius 3 is 2.71 bits per heavy atom. The van der Waals surface area contributed by atoms with Gasteiger partial charge >= 0.3 is 0 Å². The van der Waals surface area contributed by atoms with E-state index < -0.39 is 16.9 Å². The maximum absolute atomic E-state index is 12.6. The van der Waals surface area contributed by atoms with Crippen molar-refractivity contribution in [1.29, 1.82) is 0 Å². The van der Waals surface area contributed by atoms with E-state index in [0.29, 0.717) is 12.8 Å². The molecule has 3 rings (SSSR count). The predicted molar refractivity (Wildman–Crippen MR) is 105 cm³/mol. The van der Waals surface area contributed by atoms with Crippen LogP contribution in [0, 0.1) is 16.0 Å². The lowest BCUT2D eigenvalue weighted by atomic mass is 9.83. The number of thioether (sulfide) groups is 1. The van der Waals surface area contributed by atoms with Gasteiger partial charge in [-0.3, -0.25) is 19.7 Å². The highest BCUT2D eigenvalue weighted by molar-refractivity contribution is 8.05. The van der Waals surface area contributed by atoms with E-state index >= 15 is 0 Å². The minimum atomic E-state index is -0.714. The van der Waals surface area contributed by atoms with E-state index in [1.807, 2.05) is 0 Å². The molecule has 0 bridgehead atoms. The fraction of sp³-hybridized carbons (Fsp3) is 0.368. The van der Waals surface area contributed by atoms with Crippen molar-refractivity contribution in [2.45, 2.75) is 38.8 Å². The monoisotopic (exact) mass is 403 g/mol.